The van der Waals surface area contributed by atoms with Crippen molar-refractivity contribution < 1.29 is 14.6 Å². The molecule has 20 heavy (non-hydrogen) atoms. The third kappa shape index (κ3) is 2.00. The van der Waals surface area contributed by atoms with Crippen LogP contribution in [0.4, 0.5) is 0 Å². The maximum atomic E-state index is 12.1. The zero-order valence-corrected chi connectivity index (χ0v) is 10.9. The summed E-state index contributed by atoms with van der Waals surface area (Å²) >= 11 is 5.87. The summed E-state index contributed by atoms with van der Waals surface area (Å²) in [5.41, 5.74) is 0.258. The predicted molar refractivity (Wildman–Crippen MR) is 76.3 cm³/mol. The van der Waals surface area contributed by atoms with Crippen molar-refractivity contribution in [1.82, 2.24) is 0 Å². The lowest BCUT2D eigenvalue weighted by molar-refractivity contribution is 0.449. The molecule has 0 bridgehead atoms. The van der Waals surface area contributed by atoms with Crippen LogP contribution in [0.5, 0.6) is 11.5 Å². The van der Waals surface area contributed by atoms with Crippen LogP contribution in [0.15, 0.2) is 51.7 Å². The van der Waals surface area contributed by atoms with E-state index < -0.39 is 11.2 Å². The molecule has 4 nitrogen and oxygen atoms in total. The molecule has 3 aromatic rings. The van der Waals surface area contributed by atoms with Gasteiger partial charge in [-0.2, -0.15) is 0 Å². The van der Waals surface area contributed by atoms with Crippen LogP contribution in [0.1, 0.15) is 0 Å². The number of hydrogen-bond donors (Lipinski definition) is 2. The highest BCUT2D eigenvalue weighted by Gasteiger charge is 2.15. The lowest BCUT2D eigenvalue weighted by Gasteiger charge is -2.06. The summed E-state index contributed by atoms with van der Waals surface area (Å²) in [7, 11) is 0. The molecule has 0 spiro atoms. The topological polar surface area (TPSA) is 70.7 Å². The van der Waals surface area contributed by atoms with Crippen LogP contribution in [0.25, 0.3) is 22.3 Å². The molecule has 100 valence electrons. The second-order valence-corrected chi connectivity index (χ2v) is 4.73. The zero-order chi connectivity index (χ0) is 14.3. The van der Waals surface area contributed by atoms with Crippen LogP contribution < -0.4 is 5.43 Å². The Bertz CT molecular complexity index is 850. The molecule has 1 aromatic heterocycles. The van der Waals surface area contributed by atoms with E-state index in [2.05, 4.69) is 0 Å². The molecule has 0 saturated carbocycles. The van der Waals surface area contributed by atoms with Crippen molar-refractivity contribution in [3.05, 3.63) is 57.7 Å². The number of benzene rings is 2. The largest absolute Gasteiger partial charge is 0.508 e. The number of hydrogen-bond acceptors (Lipinski definition) is 4. The Kier molecular flexibility index (Phi) is 2.88. The minimum atomic E-state index is -0.522. The van der Waals surface area contributed by atoms with E-state index in [0.29, 0.717) is 16.2 Å². The molecule has 0 atom stereocenters. The quantitative estimate of drug-likeness (QED) is 0.718. The van der Waals surface area contributed by atoms with Gasteiger partial charge in [0.1, 0.15) is 11.3 Å². The van der Waals surface area contributed by atoms with Gasteiger partial charge in [0.15, 0.2) is 5.76 Å². The number of halogens is 1. The van der Waals surface area contributed by atoms with Crippen LogP contribution in [0.2, 0.25) is 5.02 Å². The third-order valence-electron chi connectivity index (χ3n) is 2.96. The molecule has 0 aliphatic rings. The third-order valence-corrected chi connectivity index (χ3v) is 3.20. The van der Waals surface area contributed by atoms with Crippen molar-refractivity contribution in [3.63, 3.8) is 0 Å². The summed E-state index contributed by atoms with van der Waals surface area (Å²) in [5.74, 6) is -0.338. The molecule has 0 fully saturated rings. The van der Waals surface area contributed by atoms with Crippen molar-refractivity contribution in [2.24, 2.45) is 0 Å². The average molecular weight is 289 g/mol. The van der Waals surface area contributed by atoms with Crippen LogP contribution in [-0.4, -0.2) is 10.2 Å². The number of fused-ring (bicyclic) bond motifs is 1. The van der Waals surface area contributed by atoms with Gasteiger partial charge in [-0.05, 0) is 36.4 Å². The van der Waals surface area contributed by atoms with Gasteiger partial charge in [-0.15, -0.1) is 0 Å². The van der Waals surface area contributed by atoms with Crippen molar-refractivity contribution in [2.45, 2.75) is 0 Å². The summed E-state index contributed by atoms with van der Waals surface area (Å²) in [5, 5.41) is 19.9. The lowest BCUT2D eigenvalue weighted by atomic mass is 10.1. The number of aromatic hydroxyl groups is 2. The Morgan fingerprint density at radius 1 is 1.00 bits per heavy atom. The highest BCUT2D eigenvalue weighted by Crippen LogP contribution is 2.31. The van der Waals surface area contributed by atoms with Crippen molar-refractivity contribution in [2.75, 3.05) is 0 Å². The molecular weight excluding hydrogens is 280 g/mol. The first kappa shape index (κ1) is 12.6. The monoisotopic (exact) mass is 288 g/mol. The molecule has 0 amide bonds. The standard InChI is InChI=1S/C15H9ClO4/c16-9-3-6-11-12(7-9)20-15(14(19)13(11)18)8-1-4-10(17)5-2-8/h1-7,17,19H. The second kappa shape index (κ2) is 4.58. The van der Waals surface area contributed by atoms with E-state index in [1.165, 1.54) is 24.3 Å². The summed E-state index contributed by atoms with van der Waals surface area (Å²) in [6.07, 6.45) is 0. The van der Waals surface area contributed by atoms with Crippen molar-refractivity contribution >= 4 is 22.6 Å². The Labute approximate surface area is 118 Å². The fourth-order valence-electron chi connectivity index (χ4n) is 1.97. The maximum Gasteiger partial charge on any atom is 0.235 e. The van der Waals surface area contributed by atoms with E-state index in [1.54, 1.807) is 18.2 Å². The number of phenols is 1. The van der Waals surface area contributed by atoms with Gasteiger partial charge < -0.3 is 14.6 Å². The molecule has 0 saturated heterocycles. The molecule has 0 aliphatic heterocycles. The normalized spacial score (nSPS) is 10.8. The van der Waals surface area contributed by atoms with E-state index in [-0.39, 0.29) is 16.9 Å². The highest BCUT2D eigenvalue weighted by molar-refractivity contribution is 6.31. The van der Waals surface area contributed by atoms with Gasteiger partial charge in [-0.1, -0.05) is 11.6 Å². The van der Waals surface area contributed by atoms with E-state index in [0.717, 1.165) is 0 Å². The van der Waals surface area contributed by atoms with E-state index in [9.17, 15) is 15.0 Å². The van der Waals surface area contributed by atoms with Gasteiger partial charge in [-0.25, -0.2) is 0 Å². The Morgan fingerprint density at radius 3 is 2.40 bits per heavy atom. The summed E-state index contributed by atoms with van der Waals surface area (Å²) in [6, 6.07) is 10.5. The van der Waals surface area contributed by atoms with E-state index >= 15 is 0 Å². The SMILES string of the molecule is O=c1c(O)c(-c2ccc(O)cc2)oc2cc(Cl)ccc12. The van der Waals surface area contributed by atoms with Gasteiger partial charge in [-0.3, -0.25) is 4.79 Å². The van der Waals surface area contributed by atoms with Crippen molar-refractivity contribution in [1.29, 1.82) is 0 Å². The zero-order valence-electron chi connectivity index (χ0n) is 10.1. The lowest BCUT2D eigenvalue weighted by Crippen LogP contribution is -2.02. The van der Waals surface area contributed by atoms with Gasteiger partial charge in [0.25, 0.3) is 0 Å². The van der Waals surface area contributed by atoms with Crippen LogP contribution in [0.3, 0.4) is 0 Å². The van der Waals surface area contributed by atoms with Gasteiger partial charge >= 0.3 is 0 Å². The first-order valence-electron chi connectivity index (χ1n) is 5.81. The Morgan fingerprint density at radius 2 is 1.70 bits per heavy atom. The fourth-order valence-corrected chi connectivity index (χ4v) is 2.13. The van der Waals surface area contributed by atoms with Gasteiger partial charge in [0.2, 0.25) is 11.2 Å². The van der Waals surface area contributed by atoms with Crippen molar-refractivity contribution in [3.8, 4) is 22.8 Å². The highest BCUT2D eigenvalue weighted by atomic mass is 35.5. The molecule has 5 heteroatoms. The minimum absolute atomic E-state index is 0.0461. The summed E-state index contributed by atoms with van der Waals surface area (Å²) in [4.78, 5) is 12.1. The van der Waals surface area contributed by atoms with Crippen LogP contribution in [0, 0.1) is 0 Å². The second-order valence-electron chi connectivity index (χ2n) is 4.30. The van der Waals surface area contributed by atoms with Crippen LogP contribution in [-0.2, 0) is 0 Å². The molecule has 2 N–H and O–H groups in total. The summed E-state index contributed by atoms with van der Waals surface area (Å²) in [6.45, 7) is 0. The molecular formula is C15H9ClO4. The smallest absolute Gasteiger partial charge is 0.235 e. The first-order chi connectivity index (χ1) is 9.56. The number of phenolic OH excluding ortho intramolecular Hbond substituents is 1. The molecule has 0 radical (unpaired) electrons. The van der Waals surface area contributed by atoms with Gasteiger partial charge in [0, 0.05) is 16.7 Å². The molecule has 2 aromatic carbocycles. The van der Waals surface area contributed by atoms with E-state index in [1.807, 2.05) is 0 Å². The predicted octanol–water partition coefficient (Wildman–Crippen LogP) is 3.52. The molecule has 0 aliphatic carbocycles. The summed E-state index contributed by atoms with van der Waals surface area (Å²) < 4.78 is 5.56. The van der Waals surface area contributed by atoms with Gasteiger partial charge in [0.05, 0.1) is 5.39 Å². The maximum absolute atomic E-state index is 12.1. The molecule has 0 unspecified atom stereocenters. The Balaban J connectivity index is 2.33. The average Bonchev–Trinajstić information content (AvgIpc) is 2.44. The van der Waals surface area contributed by atoms with E-state index in [4.69, 9.17) is 16.0 Å². The molecule has 3 rings (SSSR count). The fraction of sp³-hybridized carbons (Fsp3) is 0. The van der Waals surface area contributed by atoms with Crippen LogP contribution >= 0.6 is 11.6 Å². The molecule has 1 heterocycles. The Hall–Kier alpha value is -2.46. The minimum Gasteiger partial charge on any atom is -0.508 e. The first-order valence-corrected chi connectivity index (χ1v) is 6.19. The number of rotatable bonds is 1.